The lowest BCUT2D eigenvalue weighted by Crippen LogP contribution is -2.52. The zero-order valence-corrected chi connectivity index (χ0v) is 20.8. The predicted octanol–water partition coefficient (Wildman–Crippen LogP) is 3.72. The average Bonchev–Trinajstić information content (AvgIpc) is 3.30. The summed E-state index contributed by atoms with van der Waals surface area (Å²) < 4.78 is 39.5. The van der Waals surface area contributed by atoms with Gasteiger partial charge in [0.2, 0.25) is 21.8 Å². The van der Waals surface area contributed by atoms with Gasteiger partial charge in [0, 0.05) is 12.6 Å². The molecule has 1 aliphatic rings. The van der Waals surface area contributed by atoms with Gasteiger partial charge in [-0.1, -0.05) is 54.8 Å². The number of anilines is 1. The Morgan fingerprint density at radius 2 is 1.79 bits per heavy atom. The van der Waals surface area contributed by atoms with Crippen LogP contribution in [0.15, 0.2) is 48.5 Å². The summed E-state index contributed by atoms with van der Waals surface area (Å²) in [6.07, 6.45) is 4.86. The average molecular weight is 510 g/mol. The quantitative estimate of drug-likeness (QED) is 0.558. The number of nitrogens with zero attached hydrogens (tertiary/aromatic N) is 2. The zero-order valence-electron chi connectivity index (χ0n) is 19.2. The van der Waals surface area contributed by atoms with E-state index in [1.165, 1.54) is 11.0 Å². The molecule has 0 spiro atoms. The number of sulfonamides is 1. The van der Waals surface area contributed by atoms with Crippen molar-refractivity contribution < 1.29 is 22.4 Å². The Balaban J connectivity index is 1.87. The van der Waals surface area contributed by atoms with Crippen LogP contribution in [0.1, 0.15) is 38.2 Å². The standard InChI is InChI=1S/C24H29ClFN3O4S/c1-17(24(31)27-19-10-6-7-11-19)28(15-18-8-4-3-5-9-18)23(30)16-29(34(2,32)33)20-12-13-22(26)21(25)14-20/h3-5,8-9,12-14,17,19H,6-7,10-11,15-16H2,1-2H3,(H,27,31)/t17-/m0/s1. The number of nitrogens with one attached hydrogen (secondary N) is 1. The van der Waals surface area contributed by atoms with Gasteiger partial charge in [-0.05, 0) is 43.5 Å². The third kappa shape index (κ3) is 6.70. The largest absolute Gasteiger partial charge is 0.352 e. The van der Waals surface area contributed by atoms with Gasteiger partial charge in [-0.15, -0.1) is 0 Å². The summed E-state index contributed by atoms with van der Waals surface area (Å²) in [4.78, 5) is 27.8. The molecular formula is C24H29ClFN3O4S. The van der Waals surface area contributed by atoms with Crippen molar-refractivity contribution in [3.05, 3.63) is 64.9 Å². The van der Waals surface area contributed by atoms with Crippen LogP contribution in [-0.4, -0.2) is 50.0 Å². The van der Waals surface area contributed by atoms with Crippen molar-refractivity contribution in [3.8, 4) is 0 Å². The summed E-state index contributed by atoms with van der Waals surface area (Å²) in [5.74, 6) is -1.55. The van der Waals surface area contributed by atoms with Crippen molar-refractivity contribution in [2.45, 2.75) is 51.2 Å². The van der Waals surface area contributed by atoms with Crippen LogP contribution < -0.4 is 9.62 Å². The molecule has 7 nitrogen and oxygen atoms in total. The fourth-order valence-corrected chi connectivity index (χ4v) is 5.02. The van der Waals surface area contributed by atoms with Crippen molar-refractivity contribution in [2.24, 2.45) is 0 Å². The Labute approximate surface area is 204 Å². The van der Waals surface area contributed by atoms with E-state index in [2.05, 4.69) is 5.32 Å². The molecule has 2 amide bonds. The molecule has 3 rings (SSSR count). The van der Waals surface area contributed by atoms with Gasteiger partial charge in [-0.25, -0.2) is 12.8 Å². The molecule has 0 unspecified atom stereocenters. The van der Waals surface area contributed by atoms with E-state index in [9.17, 15) is 22.4 Å². The highest BCUT2D eigenvalue weighted by Crippen LogP contribution is 2.25. The van der Waals surface area contributed by atoms with Gasteiger partial charge in [-0.3, -0.25) is 13.9 Å². The van der Waals surface area contributed by atoms with Crippen LogP contribution >= 0.6 is 11.6 Å². The van der Waals surface area contributed by atoms with E-state index in [-0.39, 0.29) is 29.2 Å². The molecule has 0 aliphatic heterocycles. The predicted molar refractivity (Wildman–Crippen MR) is 130 cm³/mol. The fraction of sp³-hybridized carbons (Fsp3) is 0.417. The van der Waals surface area contributed by atoms with Crippen LogP contribution in [0.3, 0.4) is 0 Å². The lowest BCUT2D eigenvalue weighted by molar-refractivity contribution is -0.139. The molecule has 0 saturated heterocycles. The van der Waals surface area contributed by atoms with E-state index in [0.717, 1.165) is 53.9 Å². The first-order valence-corrected chi connectivity index (χ1v) is 13.4. The van der Waals surface area contributed by atoms with Crippen molar-refractivity contribution in [1.82, 2.24) is 10.2 Å². The Morgan fingerprint density at radius 1 is 1.15 bits per heavy atom. The number of carbonyl (C=O) groups excluding carboxylic acids is 2. The summed E-state index contributed by atoms with van der Waals surface area (Å²) in [7, 11) is -3.91. The maximum absolute atomic E-state index is 13.6. The molecule has 2 aromatic rings. The highest BCUT2D eigenvalue weighted by Gasteiger charge is 2.31. The highest BCUT2D eigenvalue weighted by atomic mass is 35.5. The third-order valence-corrected chi connectivity index (χ3v) is 7.37. The molecule has 184 valence electrons. The van der Waals surface area contributed by atoms with Crippen LogP contribution in [0.5, 0.6) is 0 Å². The minimum atomic E-state index is -3.91. The van der Waals surface area contributed by atoms with Crippen molar-refractivity contribution in [1.29, 1.82) is 0 Å². The molecule has 1 N–H and O–H groups in total. The van der Waals surface area contributed by atoms with E-state index in [1.54, 1.807) is 6.92 Å². The summed E-state index contributed by atoms with van der Waals surface area (Å²) in [5, 5.41) is 2.74. The van der Waals surface area contributed by atoms with Crippen LogP contribution in [-0.2, 0) is 26.2 Å². The van der Waals surface area contributed by atoms with Gasteiger partial charge in [0.1, 0.15) is 18.4 Å². The minimum Gasteiger partial charge on any atom is -0.352 e. The van der Waals surface area contributed by atoms with E-state index in [1.807, 2.05) is 30.3 Å². The number of halogens is 2. The number of benzene rings is 2. The number of hydrogen-bond acceptors (Lipinski definition) is 4. The van der Waals surface area contributed by atoms with Gasteiger partial charge in [0.25, 0.3) is 0 Å². The molecule has 0 radical (unpaired) electrons. The van der Waals surface area contributed by atoms with E-state index >= 15 is 0 Å². The first-order valence-electron chi connectivity index (χ1n) is 11.1. The lowest BCUT2D eigenvalue weighted by Gasteiger charge is -2.32. The summed E-state index contributed by atoms with van der Waals surface area (Å²) in [6, 6.07) is 11.8. The second kappa shape index (κ2) is 11.2. The molecule has 0 heterocycles. The van der Waals surface area contributed by atoms with Crippen molar-refractivity contribution in [3.63, 3.8) is 0 Å². The monoisotopic (exact) mass is 509 g/mol. The maximum Gasteiger partial charge on any atom is 0.244 e. The van der Waals surface area contributed by atoms with Crippen molar-refractivity contribution >= 4 is 39.1 Å². The molecule has 1 atom stereocenters. The smallest absolute Gasteiger partial charge is 0.244 e. The molecular weight excluding hydrogens is 481 g/mol. The fourth-order valence-electron chi connectivity index (χ4n) is 4.01. The summed E-state index contributed by atoms with van der Waals surface area (Å²) in [6.45, 7) is 1.19. The van der Waals surface area contributed by atoms with Gasteiger partial charge in [-0.2, -0.15) is 0 Å². The topological polar surface area (TPSA) is 86.8 Å². The van der Waals surface area contributed by atoms with Gasteiger partial charge in [0.05, 0.1) is 17.0 Å². The van der Waals surface area contributed by atoms with E-state index in [0.29, 0.717) is 0 Å². The number of hydrogen-bond donors (Lipinski definition) is 1. The second-order valence-corrected chi connectivity index (χ2v) is 10.9. The van der Waals surface area contributed by atoms with Crippen LogP contribution in [0.4, 0.5) is 10.1 Å². The maximum atomic E-state index is 13.6. The Kier molecular flexibility index (Phi) is 8.54. The molecule has 0 bridgehead atoms. The molecule has 1 saturated carbocycles. The van der Waals surface area contributed by atoms with Crippen LogP contribution in [0.25, 0.3) is 0 Å². The third-order valence-electron chi connectivity index (χ3n) is 5.93. The van der Waals surface area contributed by atoms with E-state index < -0.39 is 34.3 Å². The molecule has 0 aromatic heterocycles. The van der Waals surface area contributed by atoms with Gasteiger partial charge >= 0.3 is 0 Å². The SMILES string of the molecule is C[C@@H](C(=O)NC1CCCC1)N(Cc1ccccc1)C(=O)CN(c1ccc(F)c(Cl)c1)S(C)(=O)=O. The Morgan fingerprint density at radius 3 is 2.38 bits per heavy atom. The molecule has 34 heavy (non-hydrogen) atoms. The lowest BCUT2D eigenvalue weighted by atomic mass is 10.1. The van der Waals surface area contributed by atoms with Gasteiger partial charge < -0.3 is 10.2 Å². The van der Waals surface area contributed by atoms with E-state index in [4.69, 9.17) is 11.6 Å². The Bertz CT molecular complexity index is 1120. The summed E-state index contributed by atoms with van der Waals surface area (Å²) >= 11 is 5.84. The first-order chi connectivity index (χ1) is 16.1. The first kappa shape index (κ1) is 26.0. The minimum absolute atomic E-state index is 0.0602. The van der Waals surface area contributed by atoms with Gasteiger partial charge in [0.15, 0.2) is 0 Å². The van der Waals surface area contributed by atoms with Crippen LogP contribution in [0, 0.1) is 5.82 Å². The zero-order chi connectivity index (χ0) is 24.9. The normalized spacial score (nSPS) is 15.1. The molecule has 10 heteroatoms. The summed E-state index contributed by atoms with van der Waals surface area (Å²) in [5.41, 5.74) is 0.858. The number of carbonyl (C=O) groups is 2. The van der Waals surface area contributed by atoms with Crippen molar-refractivity contribution in [2.75, 3.05) is 17.1 Å². The number of rotatable bonds is 9. The van der Waals surface area contributed by atoms with Crippen LogP contribution in [0.2, 0.25) is 5.02 Å². The molecule has 1 aliphatic carbocycles. The molecule has 1 fully saturated rings. The second-order valence-electron chi connectivity index (χ2n) is 8.54. The number of amides is 2. The Hall–Kier alpha value is -2.65. The molecule has 2 aromatic carbocycles. The highest BCUT2D eigenvalue weighted by molar-refractivity contribution is 7.92.